The lowest BCUT2D eigenvalue weighted by molar-refractivity contribution is -0.137. The summed E-state index contributed by atoms with van der Waals surface area (Å²) < 4.78 is 88.4. The molecule has 2 N–H and O–H groups in total. The Morgan fingerprint density at radius 1 is 0.948 bits per heavy atom. The molecule has 13 nitrogen and oxygen atoms in total. The Hall–Kier alpha value is -4.90. The molecule has 58 heavy (non-hydrogen) atoms. The number of carboxylic acids is 1. The van der Waals surface area contributed by atoms with Crippen molar-refractivity contribution in [1.29, 1.82) is 0 Å². The monoisotopic (exact) mass is 834 g/mol. The first kappa shape index (κ1) is 44.2. The van der Waals surface area contributed by atoms with Gasteiger partial charge in [-0.1, -0.05) is 48.6 Å². The molecule has 2 aromatic rings. The van der Waals surface area contributed by atoms with Gasteiger partial charge in [0.05, 0.1) is 16.7 Å². The first-order chi connectivity index (χ1) is 27.6. The Morgan fingerprint density at radius 2 is 1.66 bits per heavy atom. The highest BCUT2D eigenvalue weighted by molar-refractivity contribution is 7.86. The number of rotatable bonds is 19. The second kappa shape index (κ2) is 19.2. The van der Waals surface area contributed by atoms with E-state index in [1.165, 1.54) is 18.2 Å². The number of methoxy groups -OCH3 is 2. The van der Waals surface area contributed by atoms with E-state index in [2.05, 4.69) is 28.8 Å². The molecule has 2 aromatic carbocycles. The normalized spacial score (nSPS) is 16.6. The van der Waals surface area contributed by atoms with E-state index in [9.17, 15) is 35.8 Å². The number of hydrogen-bond acceptors (Lipinski definition) is 10. The van der Waals surface area contributed by atoms with Gasteiger partial charge in [0.2, 0.25) is 5.36 Å². The van der Waals surface area contributed by atoms with Crippen molar-refractivity contribution < 1.29 is 49.7 Å². The highest BCUT2D eigenvalue weighted by atomic mass is 32.2. The molecular formula is C43H50N2O11S2. The van der Waals surface area contributed by atoms with Crippen LogP contribution in [0.1, 0.15) is 49.5 Å². The van der Waals surface area contributed by atoms with Crippen LogP contribution < -0.4 is 14.8 Å². The summed E-state index contributed by atoms with van der Waals surface area (Å²) in [5, 5.41) is 10.4. The van der Waals surface area contributed by atoms with Crippen molar-refractivity contribution in [3.63, 3.8) is 0 Å². The molecule has 3 aliphatic rings. The summed E-state index contributed by atoms with van der Waals surface area (Å²) in [5.74, 6) is -0.180. The number of anilines is 1. The third-order valence-electron chi connectivity index (χ3n) is 10.3. The summed E-state index contributed by atoms with van der Waals surface area (Å²) >= 11 is 0. The number of aliphatic carboxylic acids is 1. The number of ether oxygens (including phenoxy) is 2. The molecule has 1 unspecified atom stereocenters. The molecule has 0 bridgehead atoms. The molecule has 0 spiro atoms. The van der Waals surface area contributed by atoms with Crippen LogP contribution in [-0.2, 0) is 39.9 Å². The fourth-order valence-electron chi connectivity index (χ4n) is 7.47. The van der Waals surface area contributed by atoms with E-state index in [1.807, 2.05) is 61.2 Å². The summed E-state index contributed by atoms with van der Waals surface area (Å²) in [5.41, 5.74) is 4.68. The van der Waals surface area contributed by atoms with Crippen LogP contribution >= 0.6 is 0 Å². The zero-order valence-corrected chi connectivity index (χ0v) is 34.7. The van der Waals surface area contributed by atoms with Crippen molar-refractivity contribution in [2.45, 2.75) is 49.8 Å². The van der Waals surface area contributed by atoms with Crippen LogP contribution in [0.4, 0.5) is 5.69 Å². The second-order valence-electron chi connectivity index (χ2n) is 14.3. The third kappa shape index (κ3) is 10.8. The fraction of sp³-hybridized carbons (Fsp3) is 0.349. The largest absolute Gasteiger partial charge is 0.744 e. The Kier molecular flexibility index (Phi) is 14.7. The Labute approximate surface area is 340 Å². The SMILES string of the molecule is COCC[N+](CCOC)=c1ccc2c(-c3ccccc3)c(C)c(/C=C/C=C/C=C3/N(CCCS(=O)(=O)O)c4ccc(S(=O)(=O)[O-])cc4C3(C)CCCC(=O)O)oc-2c1. The maximum atomic E-state index is 12.1. The number of nitrogens with zero attached hydrogens (tertiary/aromatic N) is 2. The van der Waals surface area contributed by atoms with E-state index in [1.54, 1.807) is 26.4 Å². The molecule has 1 atom stereocenters. The molecule has 0 saturated heterocycles. The maximum absolute atomic E-state index is 12.1. The van der Waals surface area contributed by atoms with Gasteiger partial charge in [-0.25, -0.2) is 13.0 Å². The number of carbonyl (C=O) groups is 1. The molecule has 0 fully saturated rings. The van der Waals surface area contributed by atoms with Gasteiger partial charge in [0, 0.05) is 61.2 Å². The topological polar surface area (TPSA) is 187 Å². The lowest BCUT2D eigenvalue weighted by Gasteiger charge is -2.30. The van der Waals surface area contributed by atoms with Crippen LogP contribution in [0.15, 0.2) is 106 Å². The Bertz CT molecular complexity index is 2440. The first-order valence-electron chi connectivity index (χ1n) is 18.9. The van der Waals surface area contributed by atoms with Gasteiger partial charge >= 0.3 is 5.97 Å². The van der Waals surface area contributed by atoms with Crippen molar-refractivity contribution in [1.82, 2.24) is 4.58 Å². The van der Waals surface area contributed by atoms with Gasteiger partial charge in [0.1, 0.15) is 34.9 Å². The van der Waals surface area contributed by atoms with Crippen molar-refractivity contribution >= 4 is 38.0 Å². The van der Waals surface area contributed by atoms with Crippen LogP contribution in [-0.4, -0.2) is 89.8 Å². The number of hydrogen-bond donors (Lipinski definition) is 2. The Morgan fingerprint density at radius 3 is 2.29 bits per heavy atom. The first-order valence-corrected chi connectivity index (χ1v) is 21.9. The summed E-state index contributed by atoms with van der Waals surface area (Å²) in [6.45, 7) is 6.39. The van der Waals surface area contributed by atoms with E-state index in [4.69, 9.17) is 13.9 Å². The fourth-order valence-corrected chi connectivity index (χ4v) is 8.46. The van der Waals surface area contributed by atoms with E-state index in [-0.39, 0.29) is 32.2 Å². The van der Waals surface area contributed by atoms with E-state index < -0.39 is 42.3 Å². The van der Waals surface area contributed by atoms with Crippen molar-refractivity contribution in [2.75, 3.05) is 57.7 Å². The van der Waals surface area contributed by atoms with Crippen molar-refractivity contribution in [3.8, 4) is 22.5 Å². The zero-order chi connectivity index (χ0) is 42.1. The molecule has 0 radical (unpaired) electrons. The maximum Gasteiger partial charge on any atom is 0.303 e. The number of carboxylic acid groups (broad SMARTS) is 1. The van der Waals surface area contributed by atoms with Crippen LogP contribution in [0, 0.1) is 6.92 Å². The molecule has 310 valence electrons. The molecule has 2 heterocycles. The molecule has 5 rings (SSSR count). The average molecular weight is 835 g/mol. The molecule has 2 aliphatic heterocycles. The van der Waals surface area contributed by atoms with Crippen LogP contribution in [0.25, 0.3) is 28.5 Å². The van der Waals surface area contributed by atoms with Crippen molar-refractivity contribution in [2.24, 2.45) is 0 Å². The van der Waals surface area contributed by atoms with E-state index >= 15 is 0 Å². The lowest BCUT2D eigenvalue weighted by Crippen LogP contribution is -2.35. The predicted molar refractivity (Wildman–Crippen MR) is 222 cm³/mol. The predicted octanol–water partition coefficient (Wildman–Crippen LogP) is 6.09. The van der Waals surface area contributed by atoms with Gasteiger partial charge in [-0.3, -0.25) is 9.35 Å². The van der Waals surface area contributed by atoms with E-state index in [0.29, 0.717) is 54.8 Å². The molecule has 15 heteroatoms. The molecule has 0 aromatic heterocycles. The number of allylic oxidation sites excluding steroid dienone is 5. The summed E-state index contributed by atoms with van der Waals surface area (Å²) in [6, 6.07) is 20.2. The van der Waals surface area contributed by atoms with Gasteiger partial charge < -0.3 is 28.5 Å². The Balaban J connectivity index is 1.59. The van der Waals surface area contributed by atoms with Crippen LogP contribution in [0.5, 0.6) is 0 Å². The lowest BCUT2D eigenvalue weighted by atomic mass is 9.77. The van der Waals surface area contributed by atoms with Gasteiger partial charge in [0.15, 0.2) is 13.1 Å². The number of fused-ring (bicyclic) bond motifs is 2. The minimum atomic E-state index is -4.82. The van der Waals surface area contributed by atoms with Crippen LogP contribution in [0.2, 0.25) is 0 Å². The highest BCUT2D eigenvalue weighted by Gasteiger charge is 2.43. The molecular weight excluding hydrogens is 785 g/mol. The second-order valence-corrected chi connectivity index (χ2v) is 17.2. The minimum Gasteiger partial charge on any atom is -0.744 e. The third-order valence-corrected chi connectivity index (χ3v) is 12.0. The summed E-state index contributed by atoms with van der Waals surface area (Å²) in [4.78, 5) is 12.9. The average Bonchev–Trinajstić information content (AvgIpc) is 3.40. The zero-order valence-electron chi connectivity index (χ0n) is 33.1. The molecule has 0 saturated carbocycles. The smallest absolute Gasteiger partial charge is 0.303 e. The minimum absolute atomic E-state index is 0.0385. The summed E-state index contributed by atoms with van der Waals surface area (Å²) in [7, 11) is -5.76. The van der Waals surface area contributed by atoms with E-state index in [0.717, 1.165) is 27.6 Å². The highest BCUT2D eigenvalue weighted by Crippen LogP contribution is 2.51. The molecule has 0 amide bonds. The van der Waals surface area contributed by atoms with Gasteiger partial charge in [-0.05, 0) is 86.2 Å². The van der Waals surface area contributed by atoms with Crippen LogP contribution in [0.3, 0.4) is 0 Å². The van der Waals surface area contributed by atoms with Gasteiger partial charge in [-0.15, -0.1) is 0 Å². The van der Waals surface area contributed by atoms with Crippen molar-refractivity contribution in [3.05, 3.63) is 119 Å². The standard InChI is InChI=1S/C43H50N2O11S2/c1-31-38(56-39-29-33(44(24-26-54-3)25-27-55-4)18-20-35(39)42(31)32-13-7-5-8-14-32)15-9-6-10-16-40-43(2,22-11-17-41(46)47)36-30-34(58(51,52)53)19-21-37(36)45(40)23-12-28-57(48,49)50/h5-10,13-16,18-21,29-30H,11-12,17,22-28H2,1-4H3,(H2-,46,47,48,49,50,51,52,53). The number of benzene rings is 3. The van der Waals surface area contributed by atoms with Gasteiger partial charge in [-0.2, -0.15) is 8.42 Å². The summed E-state index contributed by atoms with van der Waals surface area (Å²) in [6.07, 6.45) is 9.50. The van der Waals surface area contributed by atoms with Gasteiger partial charge in [0.25, 0.3) is 10.1 Å². The quantitative estimate of drug-likeness (QED) is 0.0630. The molecule has 1 aliphatic carbocycles.